The Morgan fingerprint density at radius 3 is 2.74 bits per heavy atom. The van der Waals surface area contributed by atoms with Gasteiger partial charge in [0.2, 0.25) is 0 Å². The van der Waals surface area contributed by atoms with Gasteiger partial charge in [-0.2, -0.15) is 0 Å². The molecule has 0 aliphatic heterocycles. The normalized spacial score (nSPS) is 10.0. The van der Waals surface area contributed by atoms with E-state index in [2.05, 4.69) is 15.3 Å². The molecular weight excluding hydrogens is 248 g/mol. The lowest BCUT2D eigenvalue weighted by atomic mass is 10.2. The largest absolute Gasteiger partial charge is 0.494 e. The molecule has 0 aliphatic carbocycles. The van der Waals surface area contributed by atoms with Gasteiger partial charge < -0.3 is 10.1 Å². The topological polar surface area (TPSA) is 90.2 Å². The van der Waals surface area contributed by atoms with E-state index in [9.17, 15) is 10.1 Å². The van der Waals surface area contributed by atoms with E-state index in [1.165, 1.54) is 25.6 Å². The molecule has 7 heteroatoms. The quantitative estimate of drug-likeness (QED) is 0.670. The Morgan fingerprint density at radius 1 is 1.32 bits per heavy atom. The van der Waals surface area contributed by atoms with E-state index >= 15 is 0 Å². The van der Waals surface area contributed by atoms with E-state index in [0.29, 0.717) is 17.3 Å². The Balaban J connectivity index is 2.32. The maximum Gasteiger partial charge on any atom is 0.273 e. The highest BCUT2D eigenvalue weighted by Crippen LogP contribution is 2.30. The van der Waals surface area contributed by atoms with Crippen LogP contribution in [0.2, 0.25) is 0 Å². The molecule has 1 heterocycles. The highest BCUT2D eigenvalue weighted by Gasteiger charge is 2.11. The Morgan fingerprint density at radius 2 is 2.11 bits per heavy atom. The third-order valence-electron chi connectivity index (χ3n) is 2.46. The van der Waals surface area contributed by atoms with Crippen LogP contribution in [0.1, 0.15) is 5.69 Å². The van der Waals surface area contributed by atoms with E-state index < -0.39 is 4.92 Å². The van der Waals surface area contributed by atoms with E-state index in [1.54, 1.807) is 12.1 Å². The Hall–Kier alpha value is -2.70. The van der Waals surface area contributed by atoms with Crippen molar-refractivity contribution >= 4 is 17.2 Å². The predicted molar refractivity (Wildman–Crippen MR) is 69.7 cm³/mol. The second-order valence-corrected chi connectivity index (χ2v) is 3.81. The van der Waals surface area contributed by atoms with Crippen molar-refractivity contribution < 1.29 is 9.66 Å². The molecule has 0 radical (unpaired) electrons. The van der Waals surface area contributed by atoms with Crippen LogP contribution in [0.3, 0.4) is 0 Å². The molecule has 0 saturated carbocycles. The number of rotatable bonds is 4. The maximum atomic E-state index is 10.7. The van der Waals surface area contributed by atoms with E-state index in [-0.39, 0.29) is 5.69 Å². The number of aromatic nitrogens is 2. The molecule has 0 aliphatic rings. The summed E-state index contributed by atoms with van der Waals surface area (Å²) >= 11 is 0. The van der Waals surface area contributed by atoms with Crippen molar-refractivity contribution in [2.45, 2.75) is 6.92 Å². The minimum absolute atomic E-state index is 0.0266. The predicted octanol–water partition coefficient (Wildman–Crippen LogP) is 2.45. The van der Waals surface area contributed by atoms with Crippen molar-refractivity contribution in [3.63, 3.8) is 0 Å². The molecule has 0 bridgehead atoms. The number of non-ortho nitro benzene ring substituents is 1. The summed E-state index contributed by atoms with van der Waals surface area (Å²) in [5, 5.41) is 13.7. The van der Waals surface area contributed by atoms with Gasteiger partial charge in [-0.15, -0.1) is 0 Å². The van der Waals surface area contributed by atoms with Crippen LogP contribution >= 0.6 is 0 Å². The number of hydrogen-bond donors (Lipinski definition) is 1. The summed E-state index contributed by atoms with van der Waals surface area (Å²) < 4.78 is 5.13. The monoisotopic (exact) mass is 260 g/mol. The number of nitrogens with zero attached hydrogens (tertiary/aromatic N) is 3. The van der Waals surface area contributed by atoms with Gasteiger partial charge in [-0.1, -0.05) is 0 Å². The lowest BCUT2D eigenvalue weighted by Crippen LogP contribution is -1.99. The first-order valence-electron chi connectivity index (χ1n) is 5.48. The van der Waals surface area contributed by atoms with Gasteiger partial charge in [-0.05, 0) is 13.0 Å². The summed E-state index contributed by atoms with van der Waals surface area (Å²) in [5.74, 6) is 0.977. The Kier molecular flexibility index (Phi) is 3.56. The highest BCUT2D eigenvalue weighted by molar-refractivity contribution is 5.66. The molecule has 0 atom stereocenters. The number of anilines is 2. The summed E-state index contributed by atoms with van der Waals surface area (Å²) in [6, 6.07) is 6.10. The summed E-state index contributed by atoms with van der Waals surface area (Å²) in [6.07, 6.45) is 1.44. The van der Waals surface area contributed by atoms with Crippen LogP contribution in [-0.2, 0) is 0 Å². The SMILES string of the molecule is COc1cc([N+](=O)[O-])ccc1Nc1cc(C)ncn1. The molecule has 98 valence electrons. The molecule has 0 unspecified atom stereocenters. The van der Waals surface area contributed by atoms with Crippen LogP contribution in [0.15, 0.2) is 30.6 Å². The number of nitro benzene ring substituents is 1. The van der Waals surface area contributed by atoms with Crippen molar-refractivity contribution in [1.29, 1.82) is 0 Å². The molecule has 1 aromatic carbocycles. The van der Waals surface area contributed by atoms with Crippen LogP contribution in [0, 0.1) is 17.0 Å². The number of methoxy groups -OCH3 is 1. The third-order valence-corrected chi connectivity index (χ3v) is 2.46. The van der Waals surface area contributed by atoms with E-state index in [1.807, 2.05) is 6.92 Å². The number of aryl methyl sites for hydroxylation is 1. The second kappa shape index (κ2) is 5.30. The maximum absolute atomic E-state index is 10.7. The van der Waals surface area contributed by atoms with Gasteiger partial charge in [-0.3, -0.25) is 10.1 Å². The van der Waals surface area contributed by atoms with E-state index in [0.717, 1.165) is 5.69 Å². The lowest BCUT2D eigenvalue weighted by Gasteiger charge is -2.10. The van der Waals surface area contributed by atoms with Crippen molar-refractivity contribution in [3.8, 4) is 5.75 Å². The summed E-state index contributed by atoms with van der Waals surface area (Å²) in [7, 11) is 1.45. The van der Waals surface area contributed by atoms with Gasteiger partial charge in [0.1, 0.15) is 17.9 Å². The van der Waals surface area contributed by atoms with Crippen molar-refractivity contribution in [3.05, 3.63) is 46.4 Å². The second-order valence-electron chi connectivity index (χ2n) is 3.81. The number of hydrogen-bond acceptors (Lipinski definition) is 6. The van der Waals surface area contributed by atoms with Gasteiger partial charge in [0.25, 0.3) is 5.69 Å². The molecule has 2 rings (SSSR count). The molecule has 0 fully saturated rings. The van der Waals surface area contributed by atoms with Crippen molar-refractivity contribution in [2.24, 2.45) is 0 Å². The molecule has 19 heavy (non-hydrogen) atoms. The van der Waals surface area contributed by atoms with Crippen LogP contribution < -0.4 is 10.1 Å². The fourth-order valence-corrected chi connectivity index (χ4v) is 1.56. The smallest absolute Gasteiger partial charge is 0.273 e. The van der Waals surface area contributed by atoms with Crippen molar-refractivity contribution in [2.75, 3.05) is 12.4 Å². The van der Waals surface area contributed by atoms with Crippen LogP contribution in [0.4, 0.5) is 17.2 Å². The molecular formula is C12H12N4O3. The first kappa shape index (κ1) is 12.7. The number of benzene rings is 1. The average molecular weight is 260 g/mol. The fourth-order valence-electron chi connectivity index (χ4n) is 1.56. The van der Waals surface area contributed by atoms with Crippen LogP contribution in [0.25, 0.3) is 0 Å². The Labute approximate surface area is 109 Å². The first-order valence-corrected chi connectivity index (χ1v) is 5.48. The number of ether oxygens (including phenoxy) is 1. The van der Waals surface area contributed by atoms with Crippen molar-refractivity contribution in [1.82, 2.24) is 9.97 Å². The van der Waals surface area contributed by atoms with Gasteiger partial charge in [0.05, 0.1) is 23.8 Å². The Bertz CT molecular complexity index is 616. The zero-order chi connectivity index (χ0) is 13.8. The van der Waals surface area contributed by atoms with Gasteiger partial charge in [-0.25, -0.2) is 9.97 Å². The number of nitrogens with one attached hydrogen (secondary N) is 1. The van der Waals surface area contributed by atoms with Gasteiger partial charge in [0, 0.05) is 17.8 Å². The van der Waals surface area contributed by atoms with Crippen LogP contribution in [-0.4, -0.2) is 22.0 Å². The lowest BCUT2D eigenvalue weighted by molar-refractivity contribution is -0.384. The first-order chi connectivity index (χ1) is 9.10. The molecule has 2 aromatic rings. The standard InChI is InChI=1S/C12H12N4O3/c1-8-5-12(14-7-13-8)15-10-4-3-9(16(17)18)6-11(10)19-2/h3-7H,1-2H3,(H,13,14,15). The molecule has 7 nitrogen and oxygen atoms in total. The molecule has 1 N–H and O–H groups in total. The summed E-state index contributed by atoms with van der Waals surface area (Å²) in [4.78, 5) is 18.3. The van der Waals surface area contributed by atoms with Gasteiger partial charge >= 0.3 is 0 Å². The average Bonchev–Trinajstić information content (AvgIpc) is 2.39. The third kappa shape index (κ3) is 2.95. The van der Waals surface area contributed by atoms with Crippen LogP contribution in [0.5, 0.6) is 5.75 Å². The minimum atomic E-state index is -0.471. The molecule has 0 saturated heterocycles. The summed E-state index contributed by atoms with van der Waals surface area (Å²) in [6.45, 7) is 1.85. The van der Waals surface area contributed by atoms with Gasteiger partial charge in [0.15, 0.2) is 0 Å². The zero-order valence-corrected chi connectivity index (χ0v) is 10.5. The fraction of sp³-hybridized carbons (Fsp3) is 0.167. The van der Waals surface area contributed by atoms with E-state index in [4.69, 9.17) is 4.74 Å². The zero-order valence-electron chi connectivity index (χ0n) is 10.5. The number of nitro groups is 1. The minimum Gasteiger partial charge on any atom is -0.494 e. The molecule has 0 amide bonds. The molecule has 1 aromatic heterocycles. The molecule has 0 spiro atoms. The summed E-state index contributed by atoms with van der Waals surface area (Å²) in [5.41, 5.74) is 1.39. The highest BCUT2D eigenvalue weighted by atomic mass is 16.6.